The van der Waals surface area contributed by atoms with Gasteiger partial charge in [-0.25, -0.2) is 4.79 Å². The summed E-state index contributed by atoms with van der Waals surface area (Å²) in [5.41, 5.74) is 5.66. The third-order valence-electron chi connectivity index (χ3n) is 10.1. The van der Waals surface area contributed by atoms with Gasteiger partial charge in [-0.05, 0) is 69.0 Å². The largest absolute Gasteiger partial charge is 0.444 e. The maximum Gasteiger partial charge on any atom is 0.407 e. The van der Waals surface area contributed by atoms with E-state index in [9.17, 15) is 24.4 Å². The molecule has 1 atom stereocenters. The lowest BCUT2D eigenvalue weighted by Gasteiger charge is -2.39. The van der Waals surface area contributed by atoms with Crippen molar-refractivity contribution in [1.29, 1.82) is 5.26 Å². The van der Waals surface area contributed by atoms with Crippen LogP contribution in [0.25, 0.3) is 10.9 Å². The number of hydrogen-bond acceptors (Lipinski definition) is 7. The van der Waals surface area contributed by atoms with Gasteiger partial charge in [-0.3, -0.25) is 14.4 Å². The first kappa shape index (κ1) is 34.0. The van der Waals surface area contributed by atoms with Crippen molar-refractivity contribution in [2.75, 3.05) is 44.2 Å². The van der Waals surface area contributed by atoms with Crippen LogP contribution in [0.4, 0.5) is 10.5 Å². The number of H-pyrrole nitrogens is 1. The highest BCUT2D eigenvalue weighted by atomic mass is 16.6. The molecule has 2 fully saturated rings. The number of alkyl carbamates (subject to hydrolysis) is 1. The maximum absolute atomic E-state index is 14.0. The molecule has 3 heterocycles. The zero-order valence-electron chi connectivity index (χ0n) is 29.4. The molecule has 0 radical (unpaired) electrons. The number of nitriles is 1. The molecule has 3 aliphatic rings. The predicted octanol–water partition coefficient (Wildman–Crippen LogP) is 5.03. The van der Waals surface area contributed by atoms with Crippen LogP contribution in [0.2, 0.25) is 0 Å². The Morgan fingerprint density at radius 2 is 1.71 bits per heavy atom. The lowest BCUT2D eigenvalue weighted by atomic mass is 9.70. The summed E-state index contributed by atoms with van der Waals surface area (Å²) in [6, 6.07) is 11.7. The van der Waals surface area contributed by atoms with Gasteiger partial charge < -0.3 is 29.7 Å². The van der Waals surface area contributed by atoms with Crippen LogP contribution in [-0.2, 0) is 26.2 Å². The molecule has 258 valence electrons. The number of nitrogens with zero attached hydrogens (tertiary/aromatic N) is 4. The Hall–Kier alpha value is -4.85. The molecule has 3 aromatic rings. The topological polar surface area (TPSA) is 139 Å². The summed E-state index contributed by atoms with van der Waals surface area (Å²) in [4.78, 5) is 61.5. The SMILES string of the molecule is CCc1cc2c(cc1N1CCN(C(=O)CCC(=O)N3CC[C@@H](NC(=O)OC(C)(C)C)C3)CC1)C(C)(C)c1[nH]c3cc(C#N)ccc3c1C2=O. The fourth-order valence-electron chi connectivity index (χ4n) is 7.46. The molecule has 11 nitrogen and oxygen atoms in total. The van der Waals surface area contributed by atoms with Gasteiger partial charge in [-0.2, -0.15) is 5.26 Å². The number of benzene rings is 2. The Balaban J connectivity index is 1.08. The minimum Gasteiger partial charge on any atom is -0.444 e. The number of nitrogens with one attached hydrogen (secondary N) is 2. The molecule has 2 aliphatic heterocycles. The molecular weight excluding hydrogens is 620 g/mol. The number of likely N-dealkylation sites (tertiary alicyclic amines) is 1. The van der Waals surface area contributed by atoms with E-state index >= 15 is 0 Å². The molecule has 49 heavy (non-hydrogen) atoms. The second kappa shape index (κ2) is 12.9. The number of anilines is 1. The summed E-state index contributed by atoms with van der Waals surface area (Å²) in [5, 5.41) is 13.1. The summed E-state index contributed by atoms with van der Waals surface area (Å²) in [6.45, 7) is 15.1. The normalized spacial score (nSPS) is 18.6. The molecule has 2 aromatic carbocycles. The summed E-state index contributed by atoms with van der Waals surface area (Å²) in [5.74, 6) is -0.118. The van der Waals surface area contributed by atoms with Crippen LogP contribution in [-0.4, -0.2) is 89.4 Å². The van der Waals surface area contributed by atoms with Gasteiger partial charge in [0.05, 0.1) is 23.2 Å². The molecule has 1 aromatic heterocycles. The summed E-state index contributed by atoms with van der Waals surface area (Å²) >= 11 is 0. The van der Waals surface area contributed by atoms with Crippen LogP contribution in [0, 0.1) is 11.3 Å². The van der Waals surface area contributed by atoms with Crippen LogP contribution in [0.5, 0.6) is 0 Å². The van der Waals surface area contributed by atoms with Gasteiger partial charge in [0.1, 0.15) is 5.60 Å². The fourth-order valence-corrected chi connectivity index (χ4v) is 7.46. The Morgan fingerprint density at radius 3 is 2.37 bits per heavy atom. The van der Waals surface area contributed by atoms with Crippen LogP contribution in [0.15, 0.2) is 30.3 Å². The van der Waals surface area contributed by atoms with Gasteiger partial charge >= 0.3 is 6.09 Å². The van der Waals surface area contributed by atoms with Crippen molar-refractivity contribution in [3.8, 4) is 6.07 Å². The first-order valence-electron chi connectivity index (χ1n) is 17.3. The van der Waals surface area contributed by atoms with Crippen molar-refractivity contribution < 1.29 is 23.9 Å². The van der Waals surface area contributed by atoms with E-state index in [0.717, 1.165) is 39.8 Å². The number of aromatic amines is 1. The van der Waals surface area contributed by atoms with Crippen molar-refractivity contribution in [2.24, 2.45) is 0 Å². The molecule has 0 saturated carbocycles. The van der Waals surface area contributed by atoms with Gasteiger partial charge in [-0.1, -0.05) is 26.8 Å². The van der Waals surface area contributed by atoms with Crippen LogP contribution in [0.1, 0.15) is 99.1 Å². The second-order valence-corrected chi connectivity index (χ2v) is 14.9. The lowest BCUT2D eigenvalue weighted by molar-refractivity contribution is -0.136. The van der Waals surface area contributed by atoms with Crippen molar-refractivity contribution in [3.05, 3.63) is 63.8 Å². The predicted molar refractivity (Wildman–Crippen MR) is 187 cm³/mol. The first-order valence-corrected chi connectivity index (χ1v) is 17.3. The number of ether oxygens (including phenoxy) is 1. The van der Waals surface area contributed by atoms with E-state index < -0.39 is 17.1 Å². The monoisotopic (exact) mass is 666 g/mol. The molecular formula is C38H46N6O5. The number of fused-ring (bicyclic) bond motifs is 4. The van der Waals surface area contributed by atoms with Crippen LogP contribution < -0.4 is 10.2 Å². The number of rotatable bonds is 6. The van der Waals surface area contributed by atoms with Crippen molar-refractivity contribution in [2.45, 2.75) is 84.3 Å². The molecule has 2 saturated heterocycles. The van der Waals surface area contributed by atoms with E-state index in [2.05, 4.69) is 54.2 Å². The third-order valence-corrected chi connectivity index (χ3v) is 10.1. The first-order chi connectivity index (χ1) is 23.2. The number of carbonyl (C=O) groups is 4. The Bertz CT molecular complexity index is 1870. The number of aryl methyl sites for hydroxylation is 1. The second-order valence-electron chi connectivity index (χ2n) is 14.9. The standard InChI is InChI=1S/C38H46N6O5/c1-7-24-19-27-28(38(5,6)35-33(34(27)47)26-9-8-23(21-39)18-29(26)41-35)20-30(24)42-14-16-43(17-15-42)31(45)10-11-32(46)44-13-12-25(22-44)40-36(48)49-37(2,3)4/h8-9,18-20,25,41H,7,10-17,22H2,1-6H3,(H,40,48)/t25-/m1/s1. The molecule has 3 amide bonds. The molecule has 1 aliphatic carbocycles. The molecule has 0 bridgehead atoms. The Morgan fingerprint density at radius 1 is 1.02 bits per heavy atom. The van der Waals surface area contributed by atoms with Gasteiger partial charge in [0.25, 0.3) is 0 Å². The van der Waals surface area contributed by atoms with Crippen molar-refractivity contribution in [3.63, 3.8) is 0 Å². The van der Waals surface area contributed by atoms with Gasteiger partial charge in [0.2, 0.25) is 11.8 Å². The van der Waals surface area contributed by atoms with E-state index in [4.69, 9.17) is 4.74 Å². The Labute approximate surface area is 287 Å². The highest BCUT2D eigenvalue weighted by Crippen LogP contribution is 2.46. The van der Waals surface area contributed by atoms with E-state index in [-0.39, 0.29) is 36.5 Å². The smallest absolute Gasteiger partial charge is 0.407 e. The minimum atomic E-state index is -0.588. The average Bonchev–Trinajstić information content (AvgIpc) is 3.70. The molecule has 0 spiro atoms. The van der Waals surface area contributed by atoms with Crippen LogP contribution in [0.3, 0.4) is 0 Å². The number of amides is 3. The number of carbonyl (C=O) groups excluding carboxylic acids is 4. The number of ketones is 1. The van der Waals surface area contributed by atoms with E-state index in [1.165, 1.54) is 0 Å². The number of aromatic nitrogens is 1. The fraction of sp³-hybridized carbons (Fsp3) is 0.500. The van der Waals surface area contributed by atoms with Gasteiger partial charge in [0.15, 0.2) is 5.78 Å². The lowest BCUT2D eigenvalue weighted by Crippen LogP contribution is -2.49. The van der Waals surface area contributed by atoms with Gasteiger partial charge in [-0.15, -0.1) is 0 Å². The van der Waals surface area contributed by atoms with E-state index in [1.54, 1.807) is 17.0 Å². The third kappa shape index (κ3) is 6.61. The van der Waals surface area contributed by atoms with Crippen molar-refractivity contribution in [1.82, 2.24) is 20.1 Å². The van der Waals surface area contributed by atoms with Gasteiger partial charge in [0, 0.05) is 85.4 Å². The zero-order chi connectivity index (χ0) is 35.2. The summed E-state index contributed by atoms with van der Waals surface area (Å²) < 4.78 is 5.33. The van der Waals surface area contributed by atoms with Crippen LogP contribution >= 0.6 is 0 Å². The van der Waals surface area contributed by atoms with Crippen molar-refractivity contribution >= 4 is 40.3 Å². The molecule has 0 unspecified atom stereocenters. The zero-order valence-corrected chi connectivity index (χ0v) is 29.4. The maximum atomic E-state index is 14.0. The highest BCUT2D eigenvalue weighted by molar-refractivity contribution is 6.20. The van der Waals surface area contributed by atoms with E-state index in [0.29, 0.717) is 62.4 Å². The number of hydrogen-bond donors (Lipinski definition) is 2. The quantitative estimate of drug-likeness (QED) is 0.377. The van der Waals surface area contributed by atoms with E-state index in [1.807, 2.05) is 31.7 Å². The summed E-state index contributed by atoms with van der Waals surface area (Å²) in [7, 11) is 0. The average molecular weight is 667 g/mol. The molecule has 11 heteroatoms. The highest BCUT2D eigenvalue weighted by Gasteiger charge is 2.41. The molecule has 6 rings (SSSR count). The molecule has 2 N–H and O–H groups in total. The number of piperazine rings is 1. The minimum absolute atomic E-state index is 0.00440. The summed E-state index contributed by atoms with van der Waals surface area (Å²) in [6.07, 6.45) is 1.21. The Kier molecular flexibility index (Phi) is 8.94.